The van der Waals surface area contributed by atoms with E-state index in [9.17, 15) is 5.11 Å². The summed E-state index contributed by atoms with van der Waals surface area (Å²) in [5.41, 5.74) is 3.03. The monoisotopic (exact) mass is 528 g/mol. The molecule has 5 fully saturated rings. The number of ether oxygens (including phenoxy) is 3. The Morgan fingerprint density at radius 3 is 2.29 bits per heavy atom. The second kappa shape index (κ2) is 8.33. The Balaban J connectivity index is 1.37. The van der Waals surface area contributed by atoms with Crippen molar-refractivity contribution in [2.75, 3.05) is 13.4 Å². The van der Waals surface area contributed by atoms with Gasteiger partial charge in [-0.25, -0.2) is 0 Å². The topological polar surface area (TPSA) is 47.9 Å². The Labute approximate surface area is 232 Å². The lowest BCUT2D eigenvalue weighted by molar-refractivity contribution is -0.351. The van der Waals surface area contributed by atoms with Crippen molar-refractivity contribution in [2.45, 2.75) is 138 Å². The van der Waals surface area contributed by atoms with Crippen LogP contribution in [0.4, 0.5) is 0 Å². The summed E-state index contributed by atoms with van der Waals surface area (Å²) in [6.07, 6.45) is 14.1. The number of aliphatic hydroxyl groups is 1. The van der Waals surface area contributed by atoms with Crippen LogP contribution in [0.1, 0.15) is 120 Å². The van der Waals surface area contributed by atoms with Gasteiger partial charge in [0.1, 0.15) is 6.79 Å². The van der Waals surface area contributed by atoms with E-state index in [0.717, 1.165) is 19.4 Å². The van der Waals surface area contributed by atoms with Crippen LogP contribution in [0.15, 0.2) is 11.6 Å². The van der Waals surface area contributed by atoms with E-state index in [0.29, 0.717) is 34.7 Å². The zero-order valence-corrected chi connectivity index (χ0v) is 25.9. The summed E-state index contributed by atoms with van der Waals surface area (Å²) in [6, 6.07) is 0. The van der Waals surface area contributed by atoms with Gasteiger partial charge in [0, 0.05) is 10.8 Å². The SMILES string of the molecule is CC1(C)CC(OCO)C2(C)CCC3(C)C(=CCC4C5(C)CCC6OC(C)(C)OCC6(C)C5CCC43C)C2C1. The molecule has 38 heavy (non-hydrogen) atoms. The summed E-state index contributed by atoms with van der Waals surface area (Å²) in [6.45, 7) is 22.6. The Kier molecular flexibility index (Phi) is 6.08. The van der Waals surface area contributed by atoms with Gasteiger partial charge in [0.2, 0.25) is 0 Å². The summed E-state index contributed by atoms with van der Waals surface area (Å²) in [4.78, 5) is 0. The molecule has 0 radical (unpaired) electrons. The molecular weight excluding hydrogens is 472 g/mol. The molecule has 0 bridgehead atoms. The zero-order valence-electron chi connectivity index (χ0n) is 25.9. The van der Waals surface area contributed by atoms with Crippen molar-refractivity contribution in [2.24, 2.45) is 50.2 Å². The van der Waals surface area contributed by atoms with Crippen molar-refractivity contribution < 1.29 is 19.3 Å². The second-order valence-corrected chi connectivity index (χ2v) is 17.0. The molecule has 1 heterocycles. The van der Waals surface area contributed by atoms with E-state index in [1.807, 2.05) is 0 Å². The Bertz CT molecular complexity index is 1000. The summed E-state index contributed by atoms with van der Waals surface area (Å²) in [5.74, 6) is 1.42. The lowest BCUT2D eigenvalue weighted by Gasteiger charge is -2.72. The molecule has 4 saturated carbocycles. The number of fused-ring (bicyclic) bond motifs is 9. The largest absolute Gasteiger partial charge is 0.371 e. The molecule has 5 aliphatic carbocycles. The highest BCUT2D eigenvalue weighted by Crippen LogP contribution is 2.76. The van der Waals surface area contributed by atoms with E-state index >= 15 is 0 Å². The van der Waals surface area contributed by atoms with E-state index in [1.165, 1.54) is 44.9 Å². The number of aliphatic hydroxyl groups excluding tert-OH is 1. The molecule has 6 aliphatic rings. The predicted octanol–water partition coefficient (Wildman–Crippen LogP) is 7.88. The number of hydrogen-bond acceptors (Lipinski definition) is 4. The highest BCUT2D eigenvalue weighted by atomic mass is 16.7. The minimum atomic E-state index is -0.461. The maximum Gasteiger partial charge on any atom is 0.163 e. The van der Waals surface area contributed by atoms with Crippen LogP contribution in [0, 0.1) is 50.2 Å². The van der Waals surface area contributed by atoms with Crippen LogP contribution in [0.5, 0.6) is 0 Å². The standard InChI is InChI=1S/C34H56O4/c1-28(2)18-23-22-10-11-25-31(6)14-13-26-32(7,20-37-29(3,4)38-26)24(31)12-15-34(25,9)33(22,8)17-16-30(23,5)27(19-28)36-21-35/h10,23-27,35H,11-21H2,1-9H3. The zero-order chi connectivity index (χ0) is 27.6. The van der Waals surface area contributed by atoms with Gasteiger partial charge in [0.25, 0.3) is 0 Å². The van der Waals surface area contributed by atoms with Crippen LogP contribution in [-0.2, 0) is 14.2 Å². The first kappa shape index (κ1) is 27.7. The first-order chi connectivity index (χ1) is 17.5. The maximum absolute atomic E-state index is 9.79. The van der Waals surface area contributed by atoms with Crippen LogP contribution < -0.4 is 0 Å². The second-order valence-electron chi connectivity index (χ2n) is 17.0. The molecule has 0 aromatic carbocycles. The molecule has 0 amide bonds. The predicted molar refractivity (Wildman–Crippen MR) is 151 cm³/mol. The van der Waals surface area contributed by atoms with Crippen LogP contribution in [0.3, 0.4) is 0 Å². The van der Waals surface area contributed by atoms with Crippen LogP contribution in [-0.4, -0.2) is 36.5 Å². The lowest BCUT2D eigenvalue weighted by Crippen LogP contribution is -2.68. The van der Waals surface area contributed by atoms with Crippen LogP contribution >= 0.6 is 0 Å². The van der Waals surface area contributed by atoms with Gasteiger partial charge >= 0.3 is 0 Å². The molecule has 6 rings (SSSR count). The first-order valence-corrected chi connectivity index (χ1v) is 15.8. The number of rotatable bonds is 2. The van der Waals surface area contributed by atoms with Crippen molar-refractivity contribution in [3.8, 4) is 0 Å². The minimum absolute atomic E-state index is 0.0993. The molecule has 0 spiro atoms. The van der Waals surface area contributed by atoms with Crippen LogP contribution in [0.25, 0.3) is 0 Å². The molecular formula is C34H56O4. The van der Waals surface area contributed by atoms with Crippen molar-refractivity contribution >= 4 is 0 Å². The summed E-state index contributed by atoms with van der Waals surface area (Å²) >= 11 is 0. The maximum atomic E-state index is 9.79. The van der Waals surface area contributed by atoms with Gasteiger partial charge < -0.3 is 19.3 Å². The van der Waals surface area contributed by atoms with Crippen LogP contribution in [0.2, 0.25) is 0 Å². The normalized spacial score (nSPS) is 54.9. The van der Waals surface area contributed by atoms with Gasteiger partial charge in [-0.3, -0.25) is 0 Å². The molecule has 0 aromatic rings. The first-order valence-electron chi connectivity index (χ1n) is 15.8. The smallest absolute Gasteiger partial charge is 0.163 e. The molecule has 1 N–H and O–H groups in total. The molecule has 4 nitrogen and oxygen atoms in total. The Hall–Kier alpha value is -0.420. The van der Waals surface area contributed by atoms with Gasteiger partial charge in [-0.2, -0.15) is 0 Å². The molecule has 10 unspecified atom stereocenters. The van der Waals surface area contributed by atoms with E-state index in [2.05, 4.69) is 68.4 Å². The van der Waals surface area contributed by atoms with Gasteiger partial charge in [0.05, 0.1) is 18.8 Å². The van der Waals surface area contributed by atoms with Crippen molar-refractivity contribution in [1.29, 1.82) is 0 Å². The number of allylic oxidation sites excluding steroid dienone is 2. The molecule has 216 valence electrons. The molecule has 4 heteroatoms. The molecule has 0 aromatic heterocycles. The fourth-order valence-corrected chi connectivity index (χ4v) is 11.9. The Morgan fingerprint density at radius 1 is 0.842 bits per heavy atom. The van der Waals surface area contributed by atoms with Crippen molar-refractivity contribution in [3.05, 3.63) is 11.6 Å². The average molecular weight is 529 g/mol. The van der Waals surface area contributed by atoms with Gasteiger partial charge in [0.15, 0.2) is 5.79 Å². The third kappa shape index (κ3) is 3.54. The fourth-order valence-electron chi connectivity index (χ4n) is 11.9. The van der Waals surface area contributed by atoms with Crippen molar-refractivity contribution in [3.63, 3.8) is 0 Å². The lowest BCUT2D eigenvalue weighted by atomic mass is 9.33. The van der Waals surface area contributed by atoms with E-state index in [4.69, 9.17) is 14.2 Å². The van der Waals surface area contributed by atoms with E-state index < -0.39 is 5.79 Å². The molecule has 10 atom stereocenters. The molecule has 1 aliphatic heterocycles. The van der Waals surface area contributed by atoms with E-state index in [-0.39, 0.29) is 34.6 Å². The summed E-state index contributed by atoms with van der Waals surface area (Å²) < 4.78 is 19.1. The molecule has 1 saturated heterocycles. The third-order valence-electron chi connectivity index (χ3n) is 14.3. The minimum Gasteiger partial charge on any atom is -0.371 e. The Morgan fingerprint density at radius 2 is 1.58 bits per heavy atom. The number of hydrogen-bond donors (Lipinski definition) is 1. The summed E-state index contributed by atoms with van der Waals surface area (Å²) in [5, 5.41) is 9.79. The van der Waals surface area contributed by atoms with Gasteiger partial charge in [-0.05, 0) is 111 Å². The van der Waals surface area contributed by atoms with E-state index in [1.54, 1.807) is 5.57 Å². The highest BCUT2D eigenvalue weighted by molar-refractivity contribution is 5.34. The quantitative estimate of drug-likeness (QED) is 0.292. The highest BCUT2D eigenvalue weighted by Gasteiger charge is 2.70. The third-order valence-corrected chi connectivity index (χ3v) is 14.3. The average Bonchev–Trinajstić information content (AvgIpc) is 2.81. The fraction of sp³-hybridized carbons (Fsp3) is 0.941. The van der Waals surface area contributed by atoms with Gasteiger partial charge in [-0.15, -0.1) is 0 Å². The summed E-state index contributed by atoms with van der Waals surface area (Å²) in [7, 11) is 0. The van der Waals surface area contributed by atoms with Crippen molar-refractivity contribution in [1.82, 2.24) is 0 Å². The van der Waals surface area contributed by atoms with Gasteiger partial charge in [-0.1, -0.05) is 60.1 Å².